The Morgan fingerprint density at radius 2 is 2.00 bits per heavy atom. The van der Waals surface area contributed by atoms with Gasteiger partial charge in [0.1, 0.15) is 17.7 Å². The molecule has 2 aliphatic rings. The highest BCUT2D eigenvalue weighted by molar-refractivity contribution is 5.94. The van der Waals surface area contributed by atoms with Crippen LogP contribution in [0.25, 0.3) is 10.9 Å². The van der Waals surface area contributed by atoms with E-state index in [1.165, 1.54) is 12.8 Å². The first-order chi connectivity index (χ1) is 11.3. The van der Waals surface area contributed by atoms with Crippen molar-refractivity contribution in [3.05, 3.63) is 18.5 Å². The van der Waals surface area contributed by atoms with E-state index < -0.39 is 0 Å². The number of hydrogen-bond donors (Lipinski definition) is 1. The summed E-state index contributed by atoms with van der Waals surface area (Å²) in [5.74, 6) is 2.84. The summed E-state index contributed by atoms with van der Waals surface area (Å²) in [4.78, 5) is 8.82. The second-order valence-corrected chi connectivity index (χ2v) is 6.13. The summed E-state index contributed by atoms with van der Waals surface area (Å²) in [5, 5.41) is 4.51. The van der Waals surface area contributed by atoms with Crippen molar-refractivity contribution in [2.45, 2.75) is 31.4 Å². The standard InChI is InChI=1S/C17H21N3O3/c1-21-13-6-5-11-14(16(13)22-2)18-9-19-17(11)20-12-7-8-23-15(12)10-3-4-10/h5-6,9-10,12,15H,3-4,7-8H2,1-2H3,(H,18,19,20). The fourth-order valence-corrected chi connectivity index (χ4v) is 3.39. The molecule has 6 heteroatoms. The van der Waals surface area contributed by atoms with Gasteiger partial charge in [0.15, 0.2) is 11.5 Å². The number of nitrogens with zero attached hydrogens (tertiary/aromatic N) is 2. The fourth-order valence-electron chi connectivity index (χ4n) is 3.39. The van der Waals surface area contributed by atoms with Crippen LogP contribution in [0.5, 0.6) is 11.5 Å². The smallest absolute Gasteiger partial charge is 0.187 e. The van der Waals surface area contributed by atoms with E-state index in [0.29, 0.717) is 29.6 Å². The van der Waals surface area contributed by atoms with Gasteiger partial charge in [0.2, 0.25) is 0 Å². The first-order valence-corrected chi connectivity index (χ1v) is 8.05. The van der Waals surface area contributed by atoms with Crippen molar-refractivity contribution in [3.63, 3.8) is 0 Å². The van der Waals surface area contributed by atoms with E-state index in [9.17, 15) is 0 Å². The summed E-state index contributed by atoms with van der Waals surface area (Å²) in [6.45, 7) is 0.818. The molecule has 23 heavy (non-hydrogen) atoms. The molecule has 4 rings (SSSR count). The minimum absolute atomic E-state index is 0.306. The van der Waals surface area contributed by atoms with Crippen LogP contribution in [0, 0.1) is 5.92 Å². The highest BCUT2D eigenvalue weighted by Crippen LogP contribution is 2.41. The molecular weight excluding hydrogens is 294 g/mol. The SMILES string of the molecule is COc1ccc2c(NC3CCOC3C3CC3)ncnc2c1OC. The van der Waals surface area contributed by atoms with Crippen LogP contribution in [0.3, 0.4) is 0 Å². The highest BCUT2D eigenvalue weighted by atomic mass is 16.5. The Morgan fingerprint density at radius 3 is 2.74 bits per heavy atom. The molecule has 1 aromatic heterocycles. The second-order valence-electron chi connectivity index (χ2n) is 6.13. The molecule has 2 heterocycles. The van der Waals surface area contributed by atoms with Gasteiger partial charge in [-0.3, -0.25) is 0 Å². The van der Waals surface area contributed by atoms with E-state index >= 15 is 0 Å². The molecule has 1 N–H and O–H groups in total. The normalized spacial score (nSPS) is 23.9. The molecule has 2 fully saturated rings. The number of rotatable bonds is 5. The lowest BCUT2D eigenvalue weighted by atomic mass is 10.1. The van der Waals surface area contributed by atoms with Gasteiger partial charge < -0.3 is 19.5 Å². The Kier molecular flexibility index (Phi) is 3.69. The predicted molar refractivity (Wildman–Crippen MR) is 87.1 cm³/mol. The van der Waals surface area contributed by atoms with Crippen molar-refractivity contribution in [2.75, 3.05) is 26.1 Å². The lowest BCUT2D eigenvalue weighted by Gasteiger charge is -2.21. The van der Waals surface area contributed by atoms with E-state index in [1.54, 1.807) is 20.5 Å². The number of ether oxygens (including phenoxy) is 3. The van der Waals surface area contributed by atoms with Gasteiger partial charge in [-0.1, -0.05) is 0 Å². The molecule has 1 saturated heterocycles. The molecule has 1 saturated carbocycles. The number of hydrogen-bond acceptors (Lipinski definition) is 6. The molecule has 6 nitrogen and oxygen atoms in total. The third kappa shape index (κ3) is 2.57. The predicted octanol–water partition coefficient (Wildman–Crippen LogP) is 2.63. The molecule has 1 aromatic carbocycles. The second kappa shape index (κ2) is 5.85. The summed E-state index contributed by atoms with van der Waals surface area (Å²) in [6.07, 6.45) is 5.44. The number of nitrogens with one attached hydrogen (secondary N) is 1. The molecule has 0 radical (unpaired) electrons. The minimum atomic E-state index is 0.306. The largest absolute Gasteiger partial charge is 0.493 e. The quantitative estimate of drug-likeness (QED) is 0.915. The Morgan fingerprint density at radius 1 is 1.13 bits per heavy atom. The van der Waals surface area contributed by atoms with Crippen LogP contribution in [0.4, 0.5) is 5.82 Å². The monoisotopic (exact) mass is 315 g/mol. The third-order valence-corrected chi connectivity index (χ3v) is 4.69. The topological polar surface area (TPSA) is 65.5 Å². The average Bonchev–Trinajstić information content (AvgIpc) is 3.33. The Hall–Kier alpha value is -2.08. The maximum absolute atomic E-state index is 5.90. The highest BCUT2D eigenvalue weighted by Gasteiger charge is 2.40. The summed E-state index contributed by atoms with van der Waals surface area (Å²) in [7, 11) is 3.25. The average molecular weight is 315 g/mol. The van der Waals surface area contributed by atoms with Gasteiger partial charge in [-0.05, 0) is 37.3 Å². The molecule has 0 spiro atoms. The Balaban J connectivity index is 1.69. The van der Waals surface area contributed by atoms with Crippen molar-refractivity contribution >= 4 is 16.7 Å². The van der Waals surface area contributed by atoms with E-state index in [4.69, 9.17) is 14.2 Å². The van der Waals surface area contributed by atoms with Gasteiger partial charge in [-0.2, -0.15) is 0 Å². The van der Waals surface area contributed by atoms with Crippen LogP contribution in [0.2, 0.25) is 0 Å². The van der Waals surface area contributed by atoms with E-state index in [0.717, 1.165) is 29.7 Å². The zero-order chi connectivity index (χ0) is 15.8. The van der Waals surface area contributed by atoms with Crippen LogP contribution in [-0.2, 0) is 4.74 Å². The molecule has 1 aliphatic heterocycles. The molecule has 1 aliphatic carbocycles. The van der Waals surface area contributed by atoms with Crippen molar-refractivity contribution < 1.29 is 14.2 Å². The Bertz CT molecular complexity index is 718. The zero-order valence-corrected chi connectivity index (χ0v) is 13.4. The minimum Gasteiger partial charge on any atom is -0.493 e. The number of benzene rings is 1. The molecular formula is C17H21N3O3. The van der Waals surface area contributed by atoms with Crippen molar-refractivity contribution in [1.82, 2.24) is 9.97 Å². The van der Waals surface area contributed by atoms with Crippen molar-refractivity contribution in [2.24, 2.45) is 5.92 Å². The van der Waals surface area contributed by atoms with Crippen LogP contribution in [-0.4, -0.2) is 42.9 Å². The maximum atomic E-state index is 5.90. The molecule has 122 valence electrons. The summed E-state index contributed by atoms with van der Waals surface area (Å²) < 4.78 is 16.7. The van der Waals surface area contributed by atoms with E-state index in [2.05, 4.69) is 15.3 Å². The van der Waals surface area contributed by atoms with Gasteiger partial charge in [0.05, 0.1) is 26.4 Å². The van der Waals surface area contributed by atoms with Gasteiger partial charge in [0, 0.05) is 12.0 Å². The van der Waals surface area contributed by atoms with Crippen molar-refractivity contribution in [1.29, 1.82) is 0 Å². The van der Waals surface area contributed by atoms with E-state index in [-0.39, 0.29) is 0 Å². The number of fused-ring (bicyclic) bond motifs is 1. The summed E-state index contributed by atoms with van der Waals surface area (Å²) >= 11 is 0. The molecule has 0 amide bonds. The first kappa shape index (κ1) is 14.5. The number of aromatic nitrogens is 2. The van der Waals surface area contributed by atoms with Gasteiger partial charge in [-0.25, -0.2) is 9.97 Å². The molecule has 2 unspecified atom stereocenters. The van der Waals surface area contributed by atoms with Gasteiger partial charge in [-0.15, -0.1) is 0 Å². The third-order valence-electron chi connectivity index (χ3n) is 4.69. The Labute approximate surface area is 135 Å². The lowest BCUT2D eigenvalue weighted by Crippen LogP contribution is -2.31. The van der Waals surface area contributed by atoms with Crippen LogP contribution in [0.1, 0.15) is 19.3 Å². The lowest BCUT2D eigenvalue weighted by molar-refractivity contribution is 0.0898. The van der Waals surface area contributed by atoms with Crippen LogP contribution >= 0.6 is 0 Å². The van der Waals surface area contributed by atoms with Crippen molar-refractivity contribution in [3.8, 4) is 11.5 Å². The van der Waals surface area contributed by atoms with Gasteiger partial charge in [0.25, 0.3) is 0 Å². The van der Waals surface area contributed by atoms with Crippen LogP contribution < -0.4 is 14.8 Å². The van der Waals surface area contributed by atoms with Crippen LogP contribution in [0.15, 0.2) is 18.5 Å². The summed E-state index contributed by atoms with van der Waals surface area (Å²) in [5.41, 5.74) is 0.756. The first-order valence-electron chi connectivity index (χ1n) is 8.05. The number of methoxy groups -OCH3 is 2. The number of anilines is 1. The van der Waals surface area contributed by atoms with Gasteiger partial charge >= 0.3 is 0 Å². The summed E-state index contributed by atoms with van der Waals surface area (Å²) in [6, 6.07) is 4.17. The molecule has 2 aromatic rings. The van der Waals surface area contributed by atoms with E-state index in [1.807, 2.05) is 12.1 Å². The fraction of sp³-hybridized carbons (Fsp3) is 0.529. The maximum Gasteiger partial charge on any atom is 0.187 e. The molecule has 2 atom stereocenters. The zero-order valence-electron chi connectivity index (χ0n) is 13.4. The molecule has 0 bridgehead atoms.